The van der Waals surface area contributed by atoms with Gasteiger partial charge in [-0.2, -0.15) is 0 Å². The minimum atomic E-state index is 0.470. The highest BCUT2D eigenvalue weighted by Gasteiger charge is 1.98. The summed E-state index contributed by atoms with van der Waals surface area (Å²) >= 11 is 0. The number of hydrogen-bond donors (Lipinski definition) is 1. The molecule has 0 heterocycles. The van der Waals surface area contributed by atoms with Crippen LogP contribution in [0.25, 0.3) is 0 Å². The highest BCUT2D eigenvalue weighted by Crippen LogP contribution is 1.96. The van der Waals surface area contributed by atoms with E-state index >= 15 is 0 Å². The molecule has 0 spiro atoms. The summed E-state index contributed by atoms with van der Waals surface area (Å²) in [6.07, 6.45) is 1.10. The maximum absolute atomic E-state index is 4.83. The van der Waals surface area contributed by atoms with Gasteiger partial charge in [0.15, 0.2) is 0 Å². The molecule has 0 saturated heterocycles. The predicted octanol–water partition coefficient (Wildman–Crippen LogP) is 0.951. The molecule has 0 amide bonds. The van der Waals surface area contributed by atoms with Gasteiger partial charge in [-0.05, 0) is 6.42 Å². The second kappa shape index (κ2) is 5.91. The first-order valence-corrected chi connectivity index (χ1v) is 3.67. The average molecular weight is 153 g/mol. The second-order valence-electron chi connectivity index (χ2n) is 1.61. The predicted molar refractivity (Wildman–Crippen MR) is 42.6 cm³/mol. The topological polar surface area (TPSA) is 21.3 Å². The Morgan fingerprint density at radius 2 is 2.38 bits per heavy atom. The summed E-state index contributed by atoms with van der Waals surface area (Å²) in [5.41, 5.74) is 0. The zero-order valence-corrected chi connectivity index (χ0v) is 7.36. The van der Waals surface area contributed by atoms with E-state index in [1.807, 2.05) is 0 Å². The minimum Gasteiger partial charge on any atom is -0.364 e. The summed E-state index contributed by atoms with van der Waals surface area (Å²) in [6.45, 7) is 2.87. The molecule has 4 heteroatoms. The Kier molecular flexibility index (Phi) is 6.48. The SMILES string of the molecule is CCC(COP)NP. The van der Waals surface area contributed by atoms with Gasteiger partial charge in [0.05, 0.1) is 6.61 Å². The van der Waals surface area contributed by atoms with Crippen LogP contribution in [-0.4, -0.2) is 12.6 Å². The van der Waals surface area contributed by atoms with Crippen molar-refractivity contribution in [1.82, 2.24) is 5.09 Å². The molecular weight excluding hydrogens is 140 g/mol. The third kappa shape index (κ3) is 3.74. The third-order valence-corrected chi connectivity index (χ3v) is 1.69. The van der Waals surface area contributed by atoms with Gasteiger partial charge in [-0.15, -0.1) is 0 Å². The van der Waals surface area contributed by atoms with E-state index in [4.69, 9.17) is 4.52 Å². The fourth-order valence-corrected chi connectivity index (χ4v) is 0.964. The molecule has 3 atom stereocenters. The molecule has 0 aromatic heterocycles. The molecule has 2 nitrogen and oxygen atoms in total. The van der Waals surface area contributed by atoms with E-state index in [0.29, 0.717) is 6.04 Å². The van der Waals surface area contributed by atoms with Crippen LogP contribution in [0.4, 0.5) is 0 Å². The Morgan fingerprint density at radius 1 is 1.75 bits per heavy atom. The number of rotatable bonds is 4. The van der Waals surface area contributed by atoms with Gasteiger partial charge in [-0.25, -0.2) is 0 Å². The van der Waals surface area contributed by atoms with E-state index < -0.39 is 0 Å². The molecule has 0 aromatic carbocycles. The lowest BCUT2D eigenvalue weighted by Gasteiger charge is -2.10. The monoisotopic (exact) mass is 153 g/mol. The Bertz CT molecular complexity index is 49.3. The van der Waals surface area contributed by atoms with Crippen LogP contribution in [0, 0.1) is 0 Å². The summed E-state index contributed by atoms with van der Waals surface area (Å²) in [5.74, 6) is 0. The first-order chi connectivity index (χ1) is 3.85. The maximum Gasteiger partial charge on any atom is 0.0658 e. The normalized spacial score (nSPS) is 13.9. The van der Waals surface area contributed by atoms with Crippen molar-refractivity contribution in [3.63, 3.8) is 0 Å². The molecule has 0 aliphatic carbocycles. The molecule has 0 fully saturated rings. The third-order valence-electron chi connectivity index (χ3n) is 1.03. The zero-order chi connectivity index (χ0) is 6.41. The smallest absolute Gasteiger partial charge is 0.0658 e. The summed E-state index contributed by atoms with van der Waals surface area (Å²) in [5, 5.41) is 3.03. The summed E-state index contributed by atoms with van der Waals surface area (Å²) in [7, 11) is 4.71. The van der Waals surface area contributed by atoms with Gasteiger partial charge in [-0.3, -0.25) is 5.09 Å². The summed E-state index contributed by atoms with van der Waals surface area (Å²) < 4.78 is 4.83. The fraction of sp³-hybridized carbons (Fsp3) is 1.00. The van der Waals surface area contributed by atoms with Crippen molar-refractivity contribution in [2.45, 2.75) is 19.4 Å². The van der Waals surface area contributed by atoms with Gasteiger partial charge in [0, 0.05) is 15.5 Å². The largest absolute Gasteiger partial charge is 0.364 e. The van der Waals surface area contributed by atoms with E-state index in [9.17, 15) is 0 Å². The van der Waals surface area contributed by atoms with Crippen LogP contribution in [0.3, 0.4) is 0 Å². The van der Waals surface area contributed by atoms with Gasteiger partial charge < -0.3 is 4.52 Å². The van der Waals surface area contributed by atoms with E-state index in [1.54, 1.807) is 0 Å². The van der Waals surface area contributed by atoms with Crippen LogP contribution in [0.5, 0.6) is 0 Å². The highest BCUT2D eigenvalue weighted by atomic mass is 31.0. The standard InChI is InChI=1S/C4H13NOP2/c1-2-4(5-7)3-6-8/h4-5H,2-3,7-8H2,1H3. The van der Waals surface area contributed by atoms with E-state index in [2.05, 4.69) is 30.9 Å². The first kappa shape index (κ1) is 8.78. The quantitative estimate of drug-likeness (QED) is 0.607. The van der Waals surface area contributed by atoms with Crippen molar-refractivity contribution in [3.05, 3.63) is 0 Å². The Balaban J connectivity index is 3.07. The van der Waals surface area contributed by atoms with Crippen molar-refractivity contribution in [3.8, 4) is 0 Å². The first-order valence-electron chi connectivity index (χ1n) is 2.63. The number of nitrogens with one attached hydrogen (secondary N) is 1. The van der Waals surface area contributed by atoms with Crippen molar-refractivity contribution in [1.29, 1.82) is 0 Å². The summed E-state index contributed by atoms with van der Waals surface area (Å²) in [4.78, 5) is 0. The molecule has 0 saturated carbocycles. The van der Waals surface area contributed by atoms with E-state index in [1.165, 1.54) is 0 Å². The van der Waals surface area contributed by atoms with Gasteiger partial charge in [0.2, 0.25) is 0 Å². The molecule has 1 N–H and O–H groups in total. The van der Waals surface area contributed by atoms with Gasteiger partial charge in [0.25, 0.3) is 0 Å². The van der Waals surface area contributed by atoms with Crippen LogP contribution in [-0.2, 0) is 4.52 Å². The van der Waals surface area contributed by atoms with Crippen LogP contribution in [0.1, 0.15) is 13.3 Å². The van der Waals surface area contributed by atoms with Crippen LogP contribution < -0.4 is 5.09 Å². The Morgan fingerprint density at radius 3 is 2.50 bits per heavy atom. The summed E-state index contributed by atoms with van der Waals surface area (Å²) in [6, 6.07) is 0.470. The Hall–Kier alpha value is 0.780. The van der Waals surface area contributed by atoms with Crippen molar-refractivity contribution in [2.24, 2.45) is 0 Å². The lowest BCUT2D eigenvalue weighted by Crippen LogP contribution is -2.23. The van der Waals surface area contributed by atoms with Gasteiger partial charge >= 0.3 is 0 Å². The molecule has 0 aliphatic heterocycles. The van der Waals surface area contributed by atoms with Crippen molar-refractivity contribution >= 4 is 18.9 Å². The van der Waals surface area contributed by atoms with E-state index in [-0.39, 0.29) is 0 Å². The second-order valence-corrected chi connectivity index (χ2v) is 2.27. The molecular formula is C4H13NOP2. The minimum absolute atomic E-state index is 0.470. The lowest BCUT2D eigenvalue weighted by molar-refractivity contribution is 0.320. The Labute approximate surface area is 55.3 Å². The molecule has 0 radical (unpaired) electrons. The lowest BCUT2D eigenvalue weighted by atomic mass is 10.3. The molecule has 0 aromatic rings. The molecule has 8 heavy (non-hydrogen) atoms. The maximum atomic E-state index is 4.83. The van der Waals surface area contributed by atoms with Crippen LogP contribution in [0.2, 0.25) is 0 Å². The highest BCUT2D eigenvalue weighted by molar-refractivity contribution is 7.13. The van der Waals surface area contributed by atoms with Gasteiger partial charge in [-0.1, -0.05) is 16.3 Å². The molecule has 0 rings (SSSR count). The fourth-order valence-electron chi connectivity index (χ4n) is 0.400. The van der Waals surface area contributed by atoms with Crippen LogP contribution in [0.15, 0.2) is 0 Å². The molecule has 0 bridgehead atoms. The average Bonchev–Trinajstić information content (AvgIpc) is 1.83. The van der Waals surface area contributed by atoms with Gasteiger partial charge in [0.1, 0.15) is 0 Å². The molecule has 3 unspecified atom stereocenters. The van der Waals surface area contributed by atoms with Crippen molar-refractivity contribution < 1.29 is 4.52 Å². The molecule has 0 aliphatic rings. The zero-order valence-electron chi connectivity index (χ0n) is 5.05. The van der Waals surface area contributed by atoms with Crippen molar-refractivity contribution in [2.75, 3.05) is 6.61 Å². The molecule has 50 valence electrons. The van der Waals surface area contributed by atoms with E-state index in [0.717, 1.165) is 13.0 Å². The van der Waals surface area contributed by atoms with Crippen LogP contribution >= 0.6 is 18.9 Å². The number of hydrogen-bond acceptors (Lipinski definition) is 2.